The van der Waals surface area contributed by atoms with Crippen molar-refractivity contribution >= 4 is 28.4 Å². The number of hydrogen-bond acceptors (Lipinski definition) is 2. The lowest BCUT2D eigenvalue weighted by Gasteiger charge is -2.50. The van der Waals surface area contributed by atoms with Gasteiger partial charge in [-0.1, -0.05) is 153 Å². The molecule has 58 heavy (non-hydrogen) atoms. The maximum atomic E-state index is 2.66. The molecule has 2 unspecified atom stereocenters. The molecule has 0 N–H and O–H groups in total. The molecule has 2 aliphatic rings. The van der Waals surface area contributed by atoms with Gasteiger partial charge in [-0.25, -0.2) is 0 Å². The molecule has 1 aliphatic heterocycles. The lowest BCUT2D eigenvalue weighted by Crippen LogP contribution is -2.54. The standard InChI is InChI=1S/C56H48N2/c1-55-36-14-15-37-56(55,2)58(54-23-13-12-22-53(54)55)52-34-28-45(29-35-52)48-39-46(42-18-8-4-9-19-42)38-47(40-48)44-26-32-51(33-27-44)57(49-20-10-5-11-21-49)50-30-24-43(25-31-50)41-16-6-3-7-17-41/h3-13,16-35,38-40H,14-15,36-37H2,1-2H3. The molecule has 1 heterocycles. The Morgan fingerprint density at radius 3 is 1.33 bits per heavy atom. The molecule has 10 rings (SSSR count). The van der Waals surface area contributed by atoms with Crippen LogP contribution in [0.1, 0.15) is 45.1 Å². The van der Waals surface area contributed by atoms with Gasteiger partial charge in [-0.2, -0.15) is 0 Å². The van der Waals surface area contributed by atoms with E-state index >= 15 is 0 Å². The third kappa shape index (κ3) is 6.21. The zero-order chi connectivity index (χ0) is 39.1. The van der Waals surface area contributed by atoms with Crippen molar-refractivity contribution in [2.24, 2.45) is 0 Å². The first-order valence-corrected chi connectivity index (χ1v) is 20.8. The van der Waals surface area contributed by atoms with E-state index in [-0.39, 0.29) is 11.0 Å². The molecule has 1 saturated carbocycles. The topological polar surface area (TPSA) is 6.48 Å². The largest absolute Gasteiger partial charge is 0.334 e. The summed E-state index contributed by atoms with van der Waals surface area (Å²) in [7, 11) is 0. The first-order chi connectivity index (χ1) is 28.5. The van der Waals surface area contributed by atoms with Crippen LogP contribution in [0.5, 0.6) is 0 Å². The van der Waals surface area contributed by atoms with Crippen molar-refractivity contribution in [2.45, 2.75) is 50.5 Å². The Morgan fingerprint density at radius 2 is 0.776 bits per heavy atom. The molecule has 0 radical (unpaired) electrons. The van der Waals surface area contributed by atoms with Crippen LogP contribution in [0.3, 0.4) is 0 Å². The summed E-state index contributed by atoms with van der Waals surface area (Å²) in [6.45, 7) is 5.01. The highest BCUT2D eigenvalue weighted by molar-refractivity contribution is 5.85. The predicted molar refractivity (Wildman–Crippen MR) is 246 cm³/mol. The molecular weight excluding hydrogens is 701 g/mol. The van der Waals surface area contributed by atoms with Gasteiger partial charge in [-0.05, 0) is 143 Å². The minimum atomic E-state index is 0.0463. The van der Waals surface area contributed by atoms with E-state index in [9.17, 15) is 0 Å². The number of anilines is 5. The van der Waals surface area contributed by atoms with E-state index in [0.29, 0.717) is 0 Å². The highest BCUT2D eigenvalue weighted by Gasteiger charge is 2.57. The summed E-state index contributed by atoms with van der Waals surface area (Å²) in [6.07, 6.45) is 5.00. The monoisotopic (exact) mass is 748 g/mol. The van der Waals surface area contributed by atoms with Crippen LogP contribution in [-0.2, 0) is 5.41 Å². The van der Waals surface area contributed by atoms with Crippen molar-refractivity contribution < 1.29 is 0 Å². The Kier molecular flexibility index (Phi) is 9.06. The van der Waals surface area contributed by atoms with Crippen LogP contribution in [0.2, 0.25) is 0 Å². The summed E-state index contributed by atoms with van der Waals surface area (Å²) in [5.74, 6) is 0. The molecule has 2 nitrogen and oxygen atoms in total. The van der Waals surface area contributed by atoms with Crippen molar-refractivity contribution in [1.29, 1.82) is 0 Å². The van der Waals surface area contributed by atoms with Gasteiger partial charge in [0, 0.05) is 33.9 Å². The van der Waals surface area contributed by atoms with Gasteiger partial charge in [0.1, 0.15) is 0 Å². The average Bonchev–Trinajstić information content (AvgIpc) is 3.51. The van der Waals surface area contributed by atoms with Crippen molar-refractivity contribution in [3.05, 3.63) is 212 Å². The van der Waals surface area contributed by atoms with Crippen LogP contribution in [0.15, 0.2) is 206 Å². The van der Waals surface area contributed by atoms with Crippen molar-refractivity contribution in [2.75, 3.05) is 9.80 Å². The third-order valence-corrected chi connectivity index (χ3v) is 13.2. The molecule has 0 saturated heterocycles. The molecule has 282 valence electrons. The summed E-state index contributed by atoms with van der Waals surface area (Å²) >= 11 is 0. The molecule has 0 amide bonds. The van der Waals surface area contributed by atoms with Crippen LogP contribution in [0, 0.1) is 0 Å². The molecular formula is C56H48N2. The van der Waals surface area contributed by atoms with Gasteiger partial charge in [0.05, 0.1) is 5.54 Å². The molecule has 2 atom stereocenters. The number of para-hydroxylation sites is 2. The Labute approximate surface area is 343 Å². The maximum Gasteiger partial charge on any atom is 0.0517 e. The maximum absolute atomic E-state index is 2.66. The summed E-state index contributed by atoms with van der Waals surface area (Å²) < 4.78 is 0. The average molecular weight is 749 g/mol. The van der Waals surface area contributed by atoms with E-state index in [2.05, 4.69) is 230 Å². The fraction of sp³-hybridized carbons (Fsp3) is 0.143. The van der Waals surface area contributed by atoms with E-state index in [0.717, 1.165) is 17.1 Å². The van der Waals surface area contributed by atoms with Crippen molar-refractivity contribution in [3.63, 3.8) is 0 Å². The Morgan fingerprint density at radius 1 is 0.379 bits per heavy atom. The highest BCUT2D eigenvalue weighted by atomic mass is 15.3. The van der Waals surface area contributed by atoms with Gasteiger partial charge >= 0.3 is 0 Å². The second kappa shape index (κ2) is 14.7. The van der Waals surface area contributed by atoms with E-state index in [1.165, 1.54) is 87.1 Å². The second-order valence-electron chi connectivity index (χ2n) is 16.5. The minimum absolute atomic E-state index is 0.0463. The zero-order valence-electron chi connectivity index (χ0n) is 33.4. The number of rotatable bonds is 8. The number of nitrogens with zero attached hydrogens (tertiary/aromatic N) is 2. The molecule has 1 fully saturated rings. The van der Waals surface area contributed by atoms with E-state index < -0.39 is 0 Å². The Bertz CT molecular complexity index is 2670. The van der Waals surface area contributed by atoms with Gasteiger partial charge < -0.3 is 9.80 Å². The third-order valence-electron chi connectivity index (χ3n) is 13.2. The highest BCUT2D eigenvalue weighted by Crippen LogP contribution is 2.60. The van der Waals surface area contributed by atoms with Gasteiger partial charge in [0.2, 0.25) is 0 Å². The van der Waals surface area contributed by atoms with Crippen LogP contribution >= 0.6 is 0 Å². The SMILES string of the molecule is CC12CCCCC1(C)N(c1ccc(-c3cc(-c4ccccc4)cc(-c4ccc(N(c5ccccc5)c5ccc(-c6ccccc6)cc5)cc4)c3)cc1)c1ccccc12. The zero-order valence-corrected chi connectivity index (χ0v) is 33.4. The summed E-state index contributed by atoms with van der Waals surface area (Å²) in [4.78, 5) is 5.00. The predicted octanol–water partition coefficient (Wildman–Crippen LogP) is 15.6. The fourth-order valence-electron chi connectivity index (χ4n) is 9.92. The van der Waals surface area contributed by atoms with Gasteiger partial charge in [-0.15, -0.1) is 0 Å². The lowest BCUT2D eigenvalue weighted by molar-refractivity contribution is 0.195. The lowest BCUT2D eigenvalue weighted by atomic mass is 9.61. The number of hydrogen-bond donors (Lipinski definition) is 0. The van der Waals surface area contributed by atoms with Gasteiger partial charge in [0.25, 0.3) is 0 Å². The first-order valence-electron chi connectivity index (χ1n) is 20.8. The minimum Gasteiger partial charge on any atom is -0.334 e. The fourth-order valence-corrected chi connectivity index (χ4v) is 9.92. The normalized spacial score (nSPS) is 18.3. The van der Waals surface area contributed by atoms with Crippen molar-refractivity contribution in [3.8, 4) is 44.5 Å². The van der Waals surface area contributed by atoms with E-state index in [4.69, 9.17) is 0 Å². The van der Waals surface area contributed by atoms with Gasteiger partial charge in [-0.3, -0.25) is 0 Å². The number of benzene rings is 8. The Balaban J connectivity index is 1.01. The summed E-state index contributed by atoms with van der Waals surface area (Å²) in [5.41, 5.74) is 17.4. The van der Waals surface area contributed by atoms with Crippen LogP contribution in [-0.4, -0.2) is 5.54 Å². The molecule has 0 aromatic heterocycles. The second-order valence-corrected chi connectivity index (χ2v) is 16.5. The van der Waals surface area contributed by atoms with Crippen LogP contribution in [0.4, 0.5) is 28.4 Å². The molecule has 0 bridgehead atoms. The Hall–Kier alpha value is -6.64. The van der Waals surface area contributed by atoms with Crippen molar-refractivity contribution in [1.82, 2.24) is 0 Å². The van der Waals surface area contributed by atoms with Gasteiger partial charge in [0.15, 0.2) is 0 Å². The first kappa shape index (κ1) is 35.8. The van der Waals surface area contributed by atoms with Crippen LogP contribution < -0.4 is 9.80 Å². The quantitative estimate of drug-likeness (QED) is 0.153. The van der Waals surface area contributed by atoms with E-state index in [1.807, 2.05) is 0 Å². The van der Waals surface area contributed by atoms with Crippen LogP contribution in [0.25, 0.3) is 44.5 Å². The molecule has 8 aromatic rings. The van der Waals surface area contributed by atoms with E-state index in [1.54, 1.807) is 0 Å². The molecule has 8 aromatic carbocycles. The molecule has 2 heteroatoms. The smallest absolute Gasteiger partial charge is 0.0517 e. The summed E-state index contributed by atoms with van der Waals surface area (Å²) in [6, 6.07) is 75.5. The number of fused-ring (bicyclic) bond motifs is 3. The molecule has 1 aliphatic carbocycles. The molecule has 0 spiro atoms. The summed E-state index contributed by atoms with van der Waals surface area (Å²) in [5, 5.41) is 0.